The van der Waals surface area contributed by atoms with Crippen molar-refractivity contribution in [3.05, 3.63) is 53.3 Å². The molecule has 2 rings (SSSR count). The third-order valence-corrected chi connectivity index (χ3v) is 3.92. The fourth-order valence-corrected chi connectivity index (χ4v) is 2.33. The number of esters is 1. The summed E-state index contributed by atoms with van der Waals surface area (Å²) in [5.41, 5.74) is 2.12. The van der Waals surface area contributed by atoms with Crippen LogP contribution in [0, 0.1) is 6.92 Å². The standard InChI is InChI=1S/C18H23N3O3/c1-13(2)21(11-15-8-6-5-7-9-15)17(22)12-24-18(23)16-10-19-20(4)14(16)3/h5-10,13H,11-12H2,1-4H3. The third kappa shape index (κ3) is 4.22. The number of hydrogen-bond donors (Lipinski definition) is 0. The number of amides is 1. The first kappa shape index (κ1) is 17.7. The molecule has 0 spiro atoms. The zero-order chi connectivity index (χ0) is 17.7. The third-order valence-electron chi connectivity index (χ3n) is 3.92. The van der Waals surface area contributed by atoms with Gasteiger partial charge >= 0.3 is 5.97 Å². The maximum absolute atomic E-state index is 12.4. The number of ether oxygens (including phenoxy) is 1. The first-order valence-electron chi connectivity index (χ1n) is 7.89. The average Bonchev–Trinajstić information content (AvgIpc) is 2.90. The molecule has 1 aromatic heterocycles. The number of hydrogen-bond acceptors (Lipinski definition) is 4. The molecule has 0 aliphatic rings. The van der Waals surface area contributed by atoms with Crippen molar-refractivity contribution in [1.82, 2.24) is 14.7 Å². The normalized spacial score (nSPS) is 10.7. The van der Waals surface area contributed by atoms with Gasteiger partial charge in [0.1, 0.15) is 5.56 Å². The summed E-state index contributed by atoms with van der Waals surface area (Å²) >= 11 is 0. The molecule has 6 nitrogen and oxygen atoms in total. The molecule has 0 bridgehead atoms. The van der Waals surface area contributed by atoms with Crippen molar-refractivity contribution in [3.8, 4) is 0 Å². The number of benzene rings is 1. The van der Waals surface area contributed by atoms with Gasteiger partial charge in [-0.2, -0.15) is 5.10 Å². The second-order valence-electron chi connectivity index (χ2n) is 5.94. The summed E-state index contributed by atoms with van der Waals surface area (Å²) in [6.45, 7) is 5.86. The molecule has 0 fully saturated rings. The van der Waals surface area contributed by atoms with E-state index in [-0.39, 0.29) is 18.6 Å². The maximum atomic E-state index is 12.4. The van der Waals surface area contributed by atoms with Crippen LogP contribution in [0.3, 0.4) is 0 Å². The van der Waals surface area contributed by atoms with E-state index in [1.807, 2.05) is 44.2 Å². The minimum absolute atomic E-state index is 0.0107. The van der Waals surface area contributed by atoms with Gasteiger partial charge in [-0.15, -0.1) is 0 Å². The van der Waals surface area contributed by atoms with Gasteiger partial charge < -0.3 is 9.64 Å². The second kappa shape index (κ2) is 7.77. The van der Waals surface area contributed by atoms with Crippen LogP contribution in [0.4, 0.5) is 0 Å². The SMILES string of the molecule is Cc1c(C(=O)OCC(=O)N(Cc2ccccc2)C(C)C)cnn1C. The molecular weight excluding hydrogens is 306 g/mol. The summed E-state index contributed by atoms with van der Waals surface area (Å²) < 4.78 is 6.76. The van der Waals surface area contributed by atoms with E-state index in [9.17, 15) is 9.59 Å². The van der Waals surface area contributed by atoms with Gasteiger partial charge in [0.2, 0.25) is 0 Å². The number of carbonyl (C=O) groups excluding carboxylic acids is 2. The van der Waals surface area contributed by atoms with E-state index in [0.29, 0.717) is 17.8 Å². The van der Waals surface area contributed by atoms with Gasteiger partial charge in [-0.1, -0.05) is 30.3 Å². The van der Waals surface area contributed by atoms with Gasteiger partial charge in [0, 0.05) is 25.3 Å². The lowest BCUT2D eigenvalue weighted by molar-refractivity contribution is -0.136. The molecule has 2 aromatic rings. The lowest BCUT2D eigenvalue weighted by Crippen LogP contribution is -2.39. The van der Waals surface area contributed by atoms with Crippen LogP contribution in [0.1, 0.15) is 35.5 Å². The number of aryl methyl sites for hydroxylation is 1. The Bertz CT molecular complexity index is 708. The van der Waals surface area contributed by atoms with Gasteiger partial charge in [-0.3, -0.25) is 9.48 Å². The van der Waals surface area contributed by atoms with Crippen LogP contribution in [0.2, 0.25) is 0 Å². The van der Waals surface area contributed by atoms with Crippen molar-refractivity contribution in [3.63, 3.8) is 0 Å². The van der Waals surface area contributed by atoms with Crippen LogP contribution in [-0.2, 0) is 23.1 Å². The largest absolute Gasteiger partial charge is 0.452 e. The van der Waals surface area contributed by atoms with Gasteiger partial charge in [0.15, 0.2) is 6.61 Å². The van der Waals surface area contributed by atoms with Crippen molar-refractivity contribution < 1.29 is 14.3 Å². The Morgan fingerprint density at radius 2 is 1.92 bits per heavy atom. The molecule has 0 unspecified atom stereocenters. The summed E-state index contributed by atoms with van der Waals surface area (Å²) in [4.78, 5) is 26.2. The van der Waals surface area contributed by atoms with Gasteiger partial charge in [0.05, 0.1) is 6.20 Å². The fraction of sp³-hybridized carbons (Fsp3) is 0.389. The molecule has 0 aliphatic heterocycles. The van der Waals surface area contributed by atoms with E-state index in [4.69, 9.17) is 4.74 Å². The van der Waals surface area contributed by atoms with Crippen LogP contribution in [0.25, 0.3) is 0 Å². The predicted molar refractivity (Wildman–Crippen MR) is 90.4 cm³/mol. The molecule has 1 amide bonds. The molecule has 1 aromatic carbocycles. The summed E-state index contributed by atoms with van der Waals surface area (Å²) in [6, 6.07) is 9.74. The van der Waals surface area contributed by atoms with Crippen LogP contribution in [0.5, 0.6) is 0 Å². The van der Waals surface area contributed by atoms with Crippen molar-refractivity contribution in [2.75, 3.05) is 6.61 Å². The summed E-state index contributed by atoms with van der Waals surface area (Å²) in [5, 5.41) is 4.00. The van der Waals surface area contributed by atoms with Crippen molar-refractivity contribution in [1.29, 1.82) is 0 Å². The van der Waals surface area contributed by atoms with Crippen molar-refractivity contribution in [2.45, 2.75) is 33.4 Å². The van der Waals surface area contributed by atoms with E-state index < -0.39 is 5.97 Å². The second-order valence-corrected chi connectivity index (χ2v) is 5.94. The number of rotatable bonds is 6. The Hall–Kier alpha value is -2.63. The summed E-state index contributed by atoms with van der Waals surface area (Å²) in [7, 11) is 1.75. The Balaban J connectivity index is 1.98. The minimum Gasteiger partial charge on any atom is -0.452 e. The molecular formula is C18H23N3O3. The average molecular weight is 329 g/mol. The molecule has 0 aliphatic carbocycles. The highest BCUT2D eigenvalue weighted by Gasteiger charge is 2.21. The molecule has 24 heavy (non-hydrogen) atoms. The van der Waals surface area contributed by atoms with Crippen molar-refractivity contribution in [2.24, 2.45) is 7.05 Å². The van der Waals surface area contributed by atoms with Gasteiger partial charge in [0.25, 0.3) is 5.91 Å². The van der Waals surface area contributed by atoms with E-state index >= 15 is 0 Å². The summed E-state index contributed by atoms with van der Waals surface area (Å²) in [5.74, 6) is -0.749. The molecule has 0 atom stereocenters. The Labute approximate surface area is 142 Å². The highest BCUT2D eigenvalue weighted by atomic mass is 16.5. The molecule has 0 saturated heterocycles. The highest BCUT2D eigenvalue weighted by Crippen LogP contribution is 2.11. The molecule has 0 N–H and O–H groups in total. The van der Waals surface area contributed by atoms with E-state index in [1.165, 1.54) is 6.20 Å². The van der Waals surface area contributed by atoms with Gasteiger partial charge in [-0.05, 0) is 26.3 Å². The Morgan fingerprint density at radius 3 is 2.46 bits per heavy atom. The number of carbonyl (C=O) groups is 2. The first-order chi connectivity index (χ1) is 11.4. The van der Waals surface area contributed by atoms with Gasteiger partial charge in [-0.25, -0.2) is 4.79 Å². The maximum Gasteiger partial charge on any atom is 0.342 e. The molecule has 0 saturated carbocycles. The zero-order valence-electron chi connectivity index (χ0n) is 14.5. The summed E-state index contributed by atoms with van der Waals surface area (Å²) in [6.07, 6.45) is 1.45. The Morgan fingerprint density at radius 1 is 1.25 bits per heavy atom. The topological polar surface area (TPSA) is 64.4 Å². The van der Waals surface area contributed by atoms with Crippen LogP contribution < -0.4 is 0 Å². The zero-order valence-corrected chi connectivity index (χ0v) is 14.5. The molecule has 6 heteroatoms. The van der Waals surface area contributed by atoms with E-state index in [0.717, 1.165) is 5.56 Å². The molecule has 1 heterocycles. The van der Waals surface area contributed by atoms with Crippen LogP contribution in [0.15, 0.2) is 36.5 Å². The van der Waals surface area contributed by atoms with Crippen LogP contribution >= 0.6 is 0 Å². The molecule has 128 valence electrons. The lowest BCUT2D eigenvalue weighted by Gasteiger charge is -2.26. The number of aromatic nitrogens is 2. The van der Waals surface area contributed by atoms with Crippen molar-refractivity contribution >= 4 is 11.9 Å². The highest BCUT2D eigenvalue weighted by molar-refractivity contribution is 5.92. The Kier molecular flexibility index (Phi) is 5.73. The fourth-order valence-electron chi connectivity index (χ4n) is 2.33. The smallest absolute Gasteiger partial charge is 0.342 e. The van der Waals surface area contributed by atoms with Crippen LogP contribution in [-0.4, -0.2) is 39.2 Å². The molecule has 0 radical (unpaired) electrons. The van der Waals surface area contributed by atoms with E-state index in [1.54, 1.807) is 23.6 Å². The quantitative estimate of drug-likeness (QED) is 0.763. The number of nitrogens with zero attached hydrogens (tertiary/aromatic N) is 3. The monoisotopic (exact) mass is 329 g/mol. The van der Waals surface area contributed by atoms with E-state index in [2.05, 4.69) is 5.10 Å². The lowest BCUT2D eigenvalue weighted by atomic mass is 10.2. The first-order valence-corrected chi connectivity index (χ1v) is 7.89. The minimum atomic E-state index is -0.530. The predicted octanol–water partition coefficient (Wildman–Crippen LogP) is 2.32.